The normalized spacial score (nSPS) is 27.2. The van der Waals surface area contributed by atoms with E-state index in [9.17, 15) is 22.0 Å². The molecule has 0 aromatic rings. The molecule has 0 aliphatic carbocycles. The van der Waals surface area contributed by atoms with Crippen molar-refractivity contribution in [2.24, 2.45) is 0 Å². The lowest BCUT2D eigenvalue weighted by molar-refractivity contribution is -0.206. The minimum Gasteiger partial charge on any atom is -0.361 e. The largest absolute Gasteiger partial charge is 0.411 e. The van der Waals surface area contributed by atoms with Gasteiger partial charge in [-0.3, -0.25) is 4.90 Å². The molecule has 90 valence electrons. The third-order valence-corrected chi connectivity index (χ3v) is 2.22. The van der Waals surface area contributed by atoms with E-state index >= 15 is 0 Å². The van der Waals surface area contributed by atoms with E-state index in [1.54, 1.807) is 6.92 Å². The van der Waals surface area contributed by atoms with E-state index in [-0.39, 0.29) is 6.54 Å². The standard InChI is InChI=1S/C8H12F5NO/c1-2-14-3-6(7(9,10)4-14)15-5-8(11,12)13/h6H,2-5H2,1H3. The molecule has 1 heterocycles. The van der Waals surface area contributed by atoms with Crippen molar-refractivity contribution in [1.29, 1.82) is 0 Å². The Hall–Kier alpha value is -0.430. The molecule has 0 N–H and O–H groups in total. The van der Waals surface area contributed by atoms with Crippen LogP contribution in [0.25, 0.3) is 0 Å². The van der Waals surface area contributed by atoms with Gasteiger partial charge in [0.25, 0.3) is 5.92 Å². The number of halogens is 5. The van der Waals surface area contributed by atoms with E-state index in [0.29, 0.717) is 6.54 Å². The fourth-order valence-corrected chi connectivity index (χ4v) is 1.44. The Morgan fingerprint density at radius 1 is 1.40 bits per heavy atom. The summed E-state index contributed by atoms with van der Waals surface area (Å²) in [6.07, 6.45) is -6.21. The average Bonchev–Trinajstić information content (AvgIpc) is 2.36. The summed E-state index contributed by atoms with van der Waals surface area (Å²) in [6.45, 7) is -0.264. The number of nitrogens with zero attached hydrogens (tertiary/aromatic N) is 1. The molecular formula is C8H12F5NO. The highest BCUT2D eigenvalue weighted by molar-refractivity contribution is 4.91. The smallest absolute Gasteiger partial charge is 0.361 e. The molecule has 1 aliphatic heterocycles. The van der Waals surface area contributed by atoms with Crippen LogP contribution in [0.3, 0.4) is 0 Å². The highest BCUT2D eigenvalue weighted by Crippen LogP contribution is 2.31. The molecule has 0 amide bonds. The molecule has 0 bridgehead atoms. The molecule has 1 unspecified atom stereocenters. The van der Waals surface area contributed by atoms with Crippen molar-refractivity contribution in [2.75, 3.05) is 26.2 Å². The van der Waals surface area contributed by atoms with Crippen LogP contribution >= 0.6 is 0 Å². The monoisotopic (exact) mass is 233 g/mol. The second kappa shape index (κ2) is 4.21. The van der Waals surface area contributed by atoms with Gasteiger partial charge in [-0.25, -0.2) is 8.78 Å². The first-order valence-electron chi connectivity index (χ1n) is 4.53. The molecule has 15 heavy (non-hydrogen) atoms. The molecule has 7 heteroatoms. The van der Waals surface area contributed by atoms with Crippen LogP contribution in [-0.2, 0) is 4.74 Å². The summed E-state index contributed by atoms with van der Waals surface area (Å²) >= 11 is 0. The maximum absolute atomic E-state index is 13.1. The number of hydrogen-bond acceptors (Lipinski definition) is 2. The van der Waals surface area contributed by atoms with Gasteiger partial charge in [0, 0.05) is 6.54 Å². The van der Waals surface area contributed by atoms with E-state index in [0.717, 1.165) is 0 Å². The molecule has 0 saturated carbocycles. The first-order chi connectivity index (χ1) is 6.74. The predicted molar refractivity (Wildman–Crippen MR) is 42.9 cm³/mol. The van der Waals surface area contributed by atoms with Crippen molar-refractivity contribution >= 4 is 0 Å². The molecule has 1 fully saturated rings. The summed E-state index contributed by atoms with van der Waals surface area (Å²) in [4.78, 5) is 1.36. The van der Waals surface area contributed by atoms with E-state index < -0.39 is 31.4 Å². The van der Waals surface area contributed by atoms with Gasteiger partial charge < -0.3 is 4.74 Å². The van der Waals surface area contributed by atoms with Gasteiger partial charge in [-0.2, -0.15) is 13.2 Å². The van der Waals surface area contributed by atoms with Gasteiger partial charge in [0.1, 0.15) is 12.7 Å². The minimum absolute atomic E-state index is 0.153. The molecule has 1 rings (SSSR count). The highest BCUT2D eigenvalue weighted by atomic mass is 19.4. The van der Waals surface area contributed by atoms with Gasteiger partial charge in [-0.05, 0) is 6.54 Å². The predicted octanol–water partition coefficient (Wildman–Crippen LogP) is 1.90. The van der Waals surface area contributed by atoms with E-state index in [1.807, 2.05) is 0 Å². The second-order valence-electron chi connectivity index (χ2n) is 3.50. The quantitative estimate of drug-likeness (QED) is 0.690. The molecule has 0 radical (unpaired) electrons. The Balaban J connectivity index is 2.48. The number of ether oxygens (including phenoxy) is 1. The van der Waals surface area contributed by atoms with Crippen LogP contribution in [0, 0.1) is 0 Å². The van der Waals surface area contributed by atoms with Gasteiger partial charge in [0.05, 0.1) is 6.54 Å². The molecule has 0 aromatic heterocycles. The molecule has 1 saturated heterocycles. The van der Waals surface area contributed by atoms with Gasteiger partial charge in [0.15, 0.2) is 0 Å². The van der Waals surface area contributed by atoms with Gasteiger partial charge in [-0.1, -0.05) is 6.92 Å². The minimum atomic E-state index is -4.56. The SMILES string of the molecule is CCN1CC(OCC(F)(F)F)C(F)(F)C1. The Labute approximate surface area is 84.0 Å². The Bertz CT molecular complexity index is 218. The van der Waals surface area contributed by atoms with Crippen molar-refractivity contribution < 1.29 is 26.7 Å². The summed E-state index contributed by atoms with van der Waals surface area (Å²) in [6, 6.07) is 0. The van der Waals surface area contributed by atoms with Crippen LogP contribution in [0.2, 0.25) is 0 Å². The Kier molecular flexibility index (Phi) is 3.55. The number of likely N-dealkylation sites (N-methyl/N-ethyl adjacent to an activating group) is 1. The maximum Gasteiger partial charge on any atom is 0.411 e. The van der Waals surface area contributed by atoms with Crippen molar-refractivity contribution in [3.63, 3.8) is 0 Å². The summed E-state index contributed by atoms with van der Waals surface area (Å²) in [5.74, 6) is -3.19. The number of alkyl halides is 5. The van der Waals surface area contributed by atoms with Crippen molar-refractivity contribution in [3.8, 4) is 0 Å². The summed E-state index contributed by atoms with van der Waals surface area (Å²) in [7, 11) is 0. The fraction of sp³-hybridized carbons (Fsp3) is 1.00. The first-order valence-corrected chi connectivity index (χ1v) is 4.53. The number of hydrogen-bond donors (Lipinski definition) is 0. The summed E-state index contributed by atoms with van der Waals surface area (Å²) in [5.41, 5.74) is 0. The molecule has 2 nitrogen and oxygen atoms in total. The van der Waals surface area contributed by atoms with Crippen LogP contribution in [0.15, 0.2) is 0 Å². The third kappa shape index (κ3) is 3.57. The van der Waals surface area contributed by atoms with Gasteiger partial charge in [-0.15, -0.1) is 0 Å². The summed E-state index contributed by atoms with van der Waals surface area (Å²) in [5, 5.41) is 0. The molecule has 1 aliphatic rings. The van der Waals surface area contributed by atoms with Crippen molar-refractivity contribution in [3.05, 3.63) is 0 Å². The van der Waals surface area contributed by atoms with Crippen molar-refractivity contribution in [2.45, 2.75) is 25.1 Å². The number of rotatable bonds is 3. The fourth-order valence-electron chi connectivity index (χ4n) is 1.44. The van der Waals surface area contributed by atoms with Crippen LogP contribution in [-0.4, -0.2) is 49.3 Å². The topological polar surface area (TPSA) is 12.5 Å². The van der Waals surface area contributed by atoms with Crippen molar-refractivity contribution in [1.82, 2.24) is 4.90 Å². The molecular weight excluding hydrogens is 221 g/mol. The Morgan fingerprint density at radius 2 is 2.00 bits per heavy atom. The maximum atomic E-state index is 13.1. The molecule has 0 spiro atoms. The van der Waals surface area contributed by atoms with Gasteiger partial charge >= 0.3 is 6.18 Å². The molecule has 1 atom stereocenters. The third-order valence-electron chi connectivity index (χ3n) is 2.22. The van der Waals surface area contributed by atoms with Crippen LogP contribution < -0.4 is 0 Å². The lowest BCUT2D eigenvalue weighted by atomic mass is 10.2. The second-order valence-corrected chi connectivity index (χ2v) is 3.50. The first kappa shape index (κ1) is 12.6. The Morgan fingerprint density at radius 3 is 2.40 bits per heavy atom. The zero-order chi connectivity index (χ0) is 11.7. The van der Waals surface area contributed by atoms with Crippen LogP contribution in [0.1, 0.15) is 6.92 Å². The highest BCUT2D eigenvalue weighted by Gasteiger charge is 2.49. The molecule has 0 aromatic carbocycles. The van der Waals surface area contributed by atoms with Crippen LogP contribution in [0.5, 0.6) is 0 Å². The van der Waals surface area contributed by atoms with E-state index in [4.69, 9.17) is 0 Å². The lowest BCUT2D eigenvalue weighted by Crippen LogP contribution is -2.36. The van der Waals surface area contributed by atoms with E-state index in [2.05, 4.69) is 4.74 Å². The van der Waals surface area contributed by atoms with Crippen LogP contribution in [0.4, 0.5) is 22.0 Å². The zero-order valence-electron chi connectivity index (χ0n) is 8.15. The number of likely N-dealkylation sites (tertiary alicyclic amines) is 1. The zero-order valence-corrected chi connectivity index (χ0v) is 8.15. The van der Waals surface area contributed by atoms with Gasteiger partial charge in [0.2, 0.25) is 0 Å². The van der Waals surface area contributed by atoms with E-state index in [1.165, 1.54) is 4.90 Å². The average molecular weight is 233 g/mol. The summed E-state index contributed by atoms with van der Waals surface area (Å²) < 4.78 is 65.6. The lowest BCUT2D eigenvalue weighted by Gasteiger charge is -2.18.